The zero-order chi connectivity index (χ0) is 14.8. The molecule has 2 heterocycles. The van der Waals surface area contributed by atoms with Crippen molar-refractivity contribution in [1.82, 2.24) is 10.2 Å². The van der Waals surface area contributed by atoms with Gasteiger partial charge in [0, 0.05) is 36.9 Å². The van der Waals surface area contributed by atoms with Gasteiger partial charge in [0.2, 0.25) is 0 Å². The van der Waals surface area contributed by atoms with Crippen LogP contribution in [0.15, 0.2) is 29.6 Å². The maximum Gasteiger partial charge on any atom is 0.0391 e. The van der Waals surface area contributed by atoms with E-state index in [-0.39, 0.29) is 0 Å². The highest BCUT2D eigenvalue weighted by molar-refractivity contribution is 7.17. The molecule has 4 rings (SSSR count). The largest absolute Gasteiger partial charge is 0.314 e. The summed E-state index contributed by atoms with van der Waals surface area (Å²) in [5.41, 5.74) is 1.61. The fourth-order valence-electron chi connectivity index (χ4n) is 4.39. The Labute approximate surface area is 137 Å². The SMILES string of the molecule is c1ccc2c([C@@H](C3CCCCC3)N3CCNCC3)csc2c1. The van der Waals surface area contributed by atoms with Crippen molar-refractivity contribution < 1.29 is 0 Å². The highest BCUT2D eigenvalue weighted by Gasteiger charge is 2.32. The van der Waals surface area contributed by atoms with E-state index in [0.29, 0.717) is 6.04 Å². The average molecular weight is 314 g/mol. The van der Waals surface area contributed by atoms with Crippen LogP contribution in [0.2, 0.25) is 0 Å². The van der Waals surface area contributed by atoms with Crippen LogP contribution in [0.4, 0.5) is 0 Å². The van der Waals surface area contributed by atoms with Gasteiger partial charge >= 0.3 is 0 Å². The molecule has 118 valence electrons. The second kappa shape index (κ2) is 6.69. The molecule has 0 amide bonds. The standard InChI is InChI=1S/C19H26N2S/c1-2-6-15(7-3-1)19(21-12-10-20-11-13-21)17-14-22-18-9-5-4-8-16(17)18/h4-5,8-9,14-15,19-20H,1-3,6-7,10-13H2/t19-/m1/s1. The Bertz CT molecular complexity index is 591. The summed E-state index contributed by atoms with van der Waals surface area (Å²) in [4.78, 5) is 2.76. The molecule has 1 saturated heterocycles. The van der Waals surface area contributed by atoms with Crippen LogP contribution in [0.5, 0.6) is 0 Å². The summed E-state index contributed by atoms with van der Waals surface area (Å²) >= 11 is 1.93. The Balaban J connectivity index is 1.71. The minimum atomic E-state index is 0.638. The van der Waals surface area contributed by atoms with Gasteiger partial charge in [-0.2, -0.15) is 0 Å². The molecule has 1 N–H and O–H groups in total. The van der Waals surface area contributed by atoms with Crippen molar-refractivity contribution >= 4 is 21.4 Å². The Hall–Kier alpha value is -0.900. The summed E-state index contributed by atoms with van der Waals surface area (Å²) in [6.45, 7) is 4.69. The van der Waals surface area contributed by atoms with Crippen LogP contribution in [0.1, 0.15) is 43.7 Å². The third-order valence-corrected chi connectivity index (χ3v) is 6.45. The minimum absolute atomic E-state index is 0.638. The van der Waals surface area contributed by atoms with E-state index in [1.807, 2.05) is 11.3 Å². The maximum absolute atomic E-state index is 3.52. The monoisotopic (exact) mass is 314 g/mol. The molecule has 1 aliphatic heterocycles. The molecule has 22 heavy (non-hydrogen) atoms. The van der Waals surface area contributed by atoms with Crippen molar-refractivity contribution in [2.24, 2.45) is 5.92 Å². The topological polar surface area (TPSA) is 15.3 Å². The first kappa shape index (κ1) is 14.7. The van der Waals surface area contributed by atoms with Crippen LogP contribution in [-0.2, 0) is 0 Å². The summed E-state index contributed by atoms with van der Waals surface area (Å²) in [7, 11) is 0. The summed E-state index contributed by atoms with van der Waals surface area (Å²) in [5, 5.41) is 7.47. The van der Waals surface area contributed by atoms with E-state index in [1.165, 1.54) is 55.3 Å². The molecule has 1 atom stereocenters. The second-order valence-corrected chi connectivity index (χ2v) is 7.73. The van der Waals surface area contributed by atoms with Crippen molar-refractivity contribution in [1.29, 1.82) is 0 Å². The third-order valence-electron chi connectivity index (χ3n) is 5.47. The van der Waals surface area contributed by atoms with Crippen molar-refractivity contribution in [2.75, 3.05) is 26.2 Å². The van der Waals surface area contributed by atoms with E-state index < -0.39 is 0 Å². The fourth-order valence-corrected chi connectivity index (χ4v) is 5.38. The zero-order valence-corrected chi connectivity index (χ0v) is 14.1. The number of hydrogen-bond donors (Lipinski definition) is 1. The molecule has 1 aliphatic carbocycles. The normalized spacial score (nSPS) is 22.9. The second-order valence-electron chi connectivity index (χ2n) is 6.82. The molecular formula is C19H26N2S. The van der Waals surface area contributed by atoms with Crippen molar-refractivity contribution in [3.63, 3.8) is 0 Å². The first-order chi connectivity index (χ1) is 10.9. The van der Waals surface area contributed by atoms with E-state index in [1.54, 1.807) is 5.56 Å². The summed E-state index contributed by atoms with van der Waals surface area (Å²) in [5.74, 6) is 0.852. The molecule has 0 unspecified atom stereocenters. The van der Waals surface area contributed by atoms with Gasteiger partial charge in [-0.3, -0.25) is 4.90 Å². The molecule has 3 heteroatoms. The first-order valence-corrected chi connectivity index (χ1v) is 9.72. The lowest BCUT2D eigenvalue weighted by Gasteiger charge is -2.41. The third kappa shape index (κ3) is 2.82. The molecule has 1 saturated carbocycles. The average Bonchev–Trinajstić information content (AvgIpc) is 3.01. The predicted octanol–water partition coefficient (Wildman–Crippen LogP) is 4.43. The van der Waals surface area contributed by atoms with Crippen LogP contribution < -0.4 is 5.32 Å². The van der Waals surface area contributed by atoms with Crippen LogP contribution in [0.3, 0.4) is 0 Å². The van der Waals surface area contributed by atoms with Gasteiger partial charge in [-0.25, -0.2) is 0 Å². The van der Waals surface area contributed by atoms with E-state index in [2.05, 4.69) is 39.9 Å². The van der Waals surface area contributed by atoms with Gasteiger partial charge in [0.1, 0.15) is 0 Å². The molecule has 0 radical (unpaired) electrons. The molecule has 2 nitrogen and oxygen atoms in total. The maximum atomic E-state index is 3.52. The Morgan fingerprint density at radius 2 is 1.82 bits per heavy atom. The molecule has 1 aromatic heterocycles. The summed E-state index contributed by atoms with van der Waals surface area (Å²) in [6, 6.07) is 9.62. The van der Waals surface area contributed by atoms with E-state index >= 15 is 0 Å². The van der Waals surface area contributed by atoms with Gasteiger partial charge in [-0.1, -0.05) is 37.5 Å². The van der Waals surface area contributed by atoms with Gasteiger partial charge in [0.25, 0.3) is 0 Å². The van der Waals surface area contributed by atoms with Crippen LogP contribution in [0.25, 0.3) is 10.1 Å². The van der Waals surface area contributed by atoms with E-state index in [0.717, 1.165) is 19.0 Å². The number of fused-ring (bicyclic) bond motifs is 1. The van der Waals surface area contributed by atoms with Gasteiger partial charge in [0.05, 0.1) is 0 Å². The highest BCUT2D eigenvalue weighted by Crippen LogP contribution is 2.42. The number of nitrogens with zero attached hydrogens (tertiary/aromatic N) is 1. The Morgan fingerprint density at radius 1 is 1.05 bits per heavy atom. The van der Waals surface area contributed by atoms with Crippen LogP contribution in [0, 0.1) is 5.92 Å². The lowest BCUT2D eigenvalue weighted by molar-refractivity contribution is 0.104. The predicted molar refractivity (Wildman–Crippen MR) is 95.6 cm³/mol. The summed E-state index contributed by atoms with van der Waals surface area (Å²) < 4.78 is 1.45. The molecular weight excluding hydrogens is 288 g/mol. The van der Waals surface area contributed by atoms with Crippen molar-refractivity contribution in [3.8, 4) is 0 Å². The quantitative estimate of drug-likeness (QED) is 0.901. The van der Waals surface area contributed by atoms with Crippen molar-refractivity contribution in [3.05, 3.63) is 35.2 Å². The lowest BCUT2D eigenvalue weighted by atomic mass is 9.80. The number of hydrogen-bond acceptors (Lipinski definition) is 3. The van der Waals surface area contributed by atoms with Gasteiger partial charge in [-0.15, -0.1) is 11.3 Å². The minimum Gasteiger partial charge on any atom is -0.314 e. The molecule has 2 aliphatic rings. The Morgan fingerprint density at radius 3 is 2.64 bits per heavy atom. The van der Waals surface area contributed by atoms with Crippen LogP contribution >= 0.6 is 11.3 Å². The van der Waals surface area contributed by atoms with Gasteiger partial charge in [0.15, 0.2) is 0 Å². The van der Waals surface area contributed by atoms with Gasteiger partial charge < -0.3 is 5.32 Å². The molecule has 1 aromatic carbocycles. The van der Waals surface area contributed by atoms with E-state index in [9.17, 15) is 0 Å². The van der Waals surface area contributed by atoms with E-state index in [4.69, 9.17) is 0 Å². The smallest absolute Gasteiger partial charge is 0.0391 e. The van der Waals surface area contributed by atoms with Crippen LogP contribution in [-0.4, -0.2) is 31.1 Å². The lowest BCUT2D eigenvalue weighted by Crippen LogP contribution is -2.47. The first-order valence-electron chi connectivity index (χ1n) is 8.84. The molecule has 0 bridgehead atoms. The summed E-state index contributed by atoms with van der Waals surface area (Å²) in [6.07, 6.45) is 7.12. The molecule has 0 spiro atoms. The molecule has 2 fully saturated rings. The molecule has 2 aromatic rings. The highest BCUT2D eigenvalue weighted by atomic mass is 32.1. The number of benzene rings is 1. The number of piperazine rings is 1. The fraction of sp³-hybridized carbons (Fsp3) is 0.579. The Kier molecular flexibility index (Phi) is 4.47. The number of nitrogens with one attached hydrogen (secondary N) is 1. The van der Waals surface area contributed by atoms with Gasteiger partial charge in [-0.05, 0) is 41.2 Å². The van der Waals surface area contributed by atoms with Crippen molar-refractivity contribution in [2.45, 2.75) is 38.1 Å². The number of rotatable bonds is 3. The zero-order valence-electron chi connectivity index (χ0n) is 13.3. The number of thiophene rings is 1.